The summed E-state index contributed by atoms with van der Waals surface area (Å²) in [5.74, 6) is 0.126. The van der Waals surface area contributed by atoms with Gasteiger partial charge >= 0.3 is 0 Å². The Morgan fingerprint density at radius 1 is 1.29 bits per heavy atom. The van der Waals surface area contributed by atoms with Crippen molar-refractivity contribution in [1.29, 1.82) is 0 Å². The van der Waals surface area contributed by atoms with Crippen LogP contribution in [0.1, 0.15) is 49.6 Å². The Morgan fingerprint density at radius 2 is 2.00 bits per heavy atom. The smallest absolute Gasteiger partial charge is 0.270 e. The molecule has 0 radical (unpaired) electrons. The number of nitrogen functional groups attached to an aromatic ring is 1. The predicted octanol–water partition coefficient (Wildman–Crippen LogP) is 1.96. The highest BCUT2D eigenvalue weighted by Crippen LogP contribution is 2.29. The van der Waals surface area contributed by atoms with Crippen LogP contribution >= 0.6 is 0 Å². The van der Waals surface area contributed by atoms with E-state index in [1.165, 1.54) is 12.8 Å². The van der Waals surface area contributed by atoms with E-state index in [0.29, 0.717) is 17.8 Å². The fourth-order valence-electron chi connectivity index (χ4n) is 3.75. The van der Waals surface area contributed by atoms with E-state index < -0.39 is 0 Å². The molecular formula is C16H26N4O. The molecule has 5 nitrogen and oxygen atoms in total. The number of nitrogens with two attached hydrogens (primary N) is 1. The Balaban J connectivity index is 1.82. The highest BCUT2D eigenvalue weighted by Gasteiger charge is 2.36. The second-order valence-electron chi connectivity index (χ2n) is 6.75. The lowest BCUT2D eigenvalue weighted by atomic mass is 10.1. The molecular weight excluding hydrogens is 264 g/mol. The van der Waals surface area contributed by atoms with Crippen LogP contribution in [0, 0.1) is 0 Å². The van der Waals surface area contributed by atoms with E-state index >= 15 is 0 Å². The van der Waals surface area contributed by atoms with Crippen LogP contribution < -0.4 is 5.73 Å². The minimum Gasteiger partial charge on any atom is -0.397 e. The zero-order valence-corrected chi connectivity index (χ0v) is 13.2. The summed E-state index contributed by atoms with van der Waals surface area (Å²) >= 11 is 0. The molecule has 0 aliphatic carbocycles. The van der Waals surface area contributed by atoms with E-state index in [1.807, 2.05) is 21.7 Å². The first-order chi connectivity index (χ1) is 9.97. The number of anilines is 1. The summed E-state index contributed by atoms with van der Waals surface area (Å²) in [6.07, 6.45) is 5.43. The molecule has 21 heavy (non-hydrogen) atoms. The maximum atomic E-state index is 12.9. The van der Waals surface area contributed by atoms with Gasteiger partial charge in [0.05, 0.1) is 5.69 Å². The summed E-state index contributed by atoms with van der Waals surface area (Å²) in [6.45, 7) is 5.85. The van der Waals surface area contributed by atoms with Crippen LogP contribution in [0.2, 0.25) is 0 Å². The Morgan fingerprint density at radius 3 is 2.71 bits per heavy atom. The van der Waals surface area contributed by atoms with Gasteiger partial charge in [0.1, 0.15) is 5.69 Å². The molecule has 2 N–H and O–H groups in total. The number of fused-ring (bicyclic) bond motifs is 2. The highest BCUT2D eigenvalue weighted by atomic mass is 16.2. The van der Waals surface area contributed by atoms with Crippen LogP contribution in [0.25, 0.3) is 0 Å². The maximum absolute atomic E-state index is 12.9. The number of rotatable bonds is 2. The zero-order valence-electron chi connectivity index (χ0n) is 13.2. The fourth-order valence-corrected chi connectivity index (χ4v) is 3.75. The molecule has 2 aliphatic rings. The molecule has 2 aliphatic heterocycles. The molecule has 0 saturated carbocycles. The van der Waals surface area contributed by atoms with Crippen molar-refractivity contribution in [3.8, 4) is 0 Å². The second kappa shape index (κ2) is 5.37. The summed E-state index contributed by atoms with van der Waals surface area (Å²) in [7, 11) is 2.20. The third-order valence-corrected chi connectivity index (χ3v) is 5.08. The number of likely N-dealkylation sites (tertiary alicyclic amines) is 1. The summed E-state index contributed by atoms with van der Waals surface area (Å²) < 4.78 is 1.99. The highest BCUT2D eigenvalue weighted by molar-refractivity contribution is 5.94. The second-order valence-corrected chi connectivity index (χ2v) is 6.75. The molecule has 0 spiro atoms. The molecule has 0 aromatic carbocycles. The van der Waals surface area contributed by atoms with Gasteiger partial charge in [0.2, 0.25) is 0 Å². The molecule has 2 unspecified atom stereocenters. The van der Waals surface area contributed by atoms with E-state index in [0.717, 1.165) is 25.2 Å². The third-order valence-electron chi connectivity index (χ3n) is 5.08. The van der Waals surface area contributed by atoms with Crippen molar-refractivity contribution in [2.75, 3.05) is 25.9 Å². The minimum absolute atomic E-state index is 0.126. The van der Waals surface area contributed by atoms with Gasteiger partial charge in [-0.15, -0.1) is 0 Å². The Bertz CT molecular complexity index is 536. The zero-order chi connectivity index (χ0) is 15.1. The average molecular weight is 290 g/mol. The van der Waals surface area contributed by atoms with Crippen molar-refractivity contribution < 1.29 is 4.79 Å². The molecule has 3 rings (SSSR count). The molecule has 2 atom stereocenters. The predicted molar refractivity (Wildman–Crippen MR) is 84.3 cm³/mol. The summed E-state index contributed by atoms with van der Waals surface area (Å²) in [6, 6.07) is 3.22. The van der Waals surface area contributed by atoms with Gasteiger partial charge in [-0.3, -0.25) is 9.69 Å². The largest absolute Gasteiger partial charge is 0.397 e. The van der Waals surface area contributed by atoms with Crippen molar-refractivity contribution in [2.45, 2.75) is 51.2 Å². The maximum Gasteiger partial charge on any atom is 0.270 e. The lowest BCUT2D eigenvalue weighted by molar-refractivity contribution is 0.0727. The first-order valence-corrected chi connectivity index (χ1v) is 7.96. The minimum atomic E-state index is 0.126. The number of aromatic nitrogens is 1. The number of nitrogens with zero attached hydrogens (tertiary/aromatic N) is 3. The quantitative estimate of drug-likeness (QED) is 0.906. The number of hydrogen-bond acceptors (Lipinski definition) is 3. The standard InChI is InChI=1S/C16H26N4O/c1-11(2)20-9-12(17)8-15(20)16(21)19-7-6-13-4-5-14(10-19)18(13)3/h8-9,11,13-14H,4-7,10,17H2,1-3H3. The van der Waals surface area contributed by atoms with Crippen molar-refractivity contribution in [2.24, 2.45) is 0 Å². The number of carbonyl (C=O) groups is 1. The number of likely N-dealkylation sites (N-methyl/N-ethyl adjacent to an activating group) is 1. The lowest BCUT2D eigenvalue weighted by Gasteiger charge is -2.26. The molecule has 2 bridgehead atoms. The number of amides is 1. The molecule has 1 amide bonds. The molecule has 1 aromatic rings. The molecule has 5 heteroatoms. The Hall–Kier alpha value is -1.49. The monoisotopic (exact) mass is 290 g/mol. The van der Waals surface area contributed by atoms with Gasteiger partial charge in [-0.05, 0) is 46.2 Å². The average Bonchev–Trinajstić information content (AvgIpc) is 2.90. The van der Waals surface area contributed by atoms with Crippen LogP contribution in [-0.4, -0.2) is 52.5 Å². The first kappa shape index (κ1) is 14.4. The molecule has 2 saturated heterocycles. The Labute approximate surface area is 126 Å². The van der Waals surface area contributed by atoms with Gasteiger partial charge in [-0.2, -0.15) is 0 Å². The first-order valence-electron chi connectivity index (χ1n) is 7.96. The normalized spacial score (nSPS) is 26.4. The van der Waals surface area contributed by atoms with Gasteiger partial charge in [0.15, 0.2) is 0 Å². The van der Waals surface area contributed by atoms with Crippen LogP contribution in [0.15, 0.2) is 12.3 Å². The van der Waals surface area contributed by atoms with Gasteiger partial charge in [0, 0.05) is 37.4 Å². The van der Waals surface area contributed by atoms with E-state index in [2.05, 4.69) is 25.8 Å². The van der Waals surface area contributed by atoms with E-state index in [-0.39, 0.29) is 11.9 Å². The Kier molecular flexibility index (Phi) is 3.69. The van der Waals surface area contributed by atoms with E-state index in [4.69, 9.17) is 5.73 Å². The summed E-state index contributed by atoms with van der Waals surface area (Å²) in [5.41, 5.74) is 7.29. The fraction of sp³-hybridized carbons (Fsp3) is 0.688. The van der Waals surface area contributed by atoms with Crippen molar-refractivity contribution in [3.63, 3.8) is 0 Å². The SMILES string of the molecule is CC(C)n1cc(N)cc1C(=O)N1CCC2CCC(C1)N2C. The topological polar surface area (TPSA) is 54.5 Å². The number of hydrogen-bond donors (Lipinski definition) is 1. The van der Waals surface area contributed by atoms with Crippen molar-refractivity contribution in [1.82, 2.24) is 14.4 Å². The summed E-state index contributed by atoms with van der Waals surface area (Å²) in [4.78, 5) is 17.4. The van der Waals surface area contributed by atoms with Gasteiger partial charge in [0.25, 0.3) is 5.91 Å². The van der Waals surface area contributed by atoms with Gasteiger partial charge in [-0.1, -0.05) is 0 Å². The molecule has 2 fully saturated rings. The van der Waals surface area contributed by atoms with Crippen molar-refractivity contribution in [3.05, 3.63) is 18.0 Å². The lowest BCUT2D eigenvalue weighted by Crippen LogP contribution is -2.40. The van der Waals surface area contributed by atoms with Crippen LogP contribution in [0.3, 0.4) is 0 Å². The molecule has 116 valence electrons. The number of carbonyl (C=O) groups excluding carboxylic acids is 1. The summed E-state index contributed by atoms with van der Waals surface area (Å²) in [5, 5.41) is 0. The van der Waals surface area contributed by atoms with Crippen molar-refractivity contribution >= 4 is 11.6 Å². The van der Waals surface area contributed by atoms with Crippen LogP contribution in [-0.2, 0) is 0 Å². The van der Waals surface area contributed by atoms with Gasteiger partial charge in [-0.25, -0.2) is 0 Å². The van der Waals surface area contributed by atoms with E-state index in [1.54, 1.807) is 0 Å². The molecule has 3 heterocycles. The van der Waals surface area contributed by atoms with Crippen LogP contribution in [0.5, 0.6) is 0 Å². The van der Waals surface area contributed by atoms with E-state index in [9.17, 15) is 4.79 Å². The van der Waals surface area contributed by atoms with Crippen LogP contribution in [0.4, 0.5) is 5.69 Å². The third kappa shape index (κ3) is 2.55. The molecule has 1 aromatic heterocycles. The van der Waals surface area contributed by atoms with Gasteiger partial charge < -0.3 is 15.2 Å².